The molecule has 0 heterocycles. The first kappa shape index (κ1) is 29.9. The number of rotatable bonds is 9. The predicted molar refractivity (Wildman–Crippen MR) is 169 cm³/mol. The lowest BCUT2D eigenvalue weighted by Crippen LogP contribution is -2.35. The van der Waals surface area contributed by atoms with E-state index >= 15 is 0 Å². The number of hydrogen-bond acceptors (Lipinski definition) is 1. The van der Waals surface area contributed by atoms with E-state index in [4.69, 9.17) is 0 Å². The van der Waals surface area contributed by atoms with Crippen molar-refractivity contribution in [3.8, 4) is 0 Å². The van der Waals surface area contributed by atoms with Gasteiger partial charge in [-0.2, -0.15) is 0 Å². The number of hydrogen-bond donors (Lipinski definition) is 0. The third-order valence-electron chi connectivity index (χ3n) is 7.41. The SMILES string of the molecule is C=C(C)N(C(=O)/C(CC)=C(\C)CCC)C(C1=CC=CCC1)c1ccccc1.CCc1cccc2ccccc12. The van der Waals surface area contributed by atoms with Crippen molar-refractivity contribution in [1.29, 1.82) is 0 Å². The molecule has 1 atom stereocenters. The maximum atomic E-state index is 13.7. The van der Waals surface area contributed by atoms with Crippen LogP contribution in [0.3, 0.4) is 0 Å². The summed E-state index contributed by atoms with van der Waals surface area (Å²) in [7, 11) is 0. The summed E-state index contributed by atoms with van der Waals surface area (Å²) in [6.45, 7) is 14.6. The van der Waals surface area contributed by atoms with Gasteiger partial charge in [-0.1, -0.05) is 130 Å². The van der Waals surface area contributed by atoms with Gasteiger partial charge in [-0.15, -0.1) is 0 Å². The molecule has 0 saturated heterocycles. The monoisotopic (exact) mass is 519 g/mol. The van der Waals surface area contributed by atoms with Gasteiger partial charge in [-0.25, -0.2) is 0 Å². The number of fused-ring (bicyclic) bond motifs is 1. The number of carbonyl (C=O) groups excluding carboxylic acids is 1. The van der Waals surface area contributed by atoms with Crippen LogP contribution in [0.25, 0.3) is 10.8 Å². The molecule has 3 aromatic rings. The number of nitrogens with zero attached hydrogens (tertiary/aromatic N) is 1. The summed E-state index contributed by atoms with van der Waals surface area (Å²) >= 11 is 0. The minimum atomic E-state index is -0.0999. The van der Waals surface area contributed by atoms with Gasteiger partial charge < -0.3 is 4.90 Å². The minimum Gasteiger partial charge on any atom is -0.302 e. The summed E-state index contributed by atoms with van der Waals surface area (Å²) in [5.41, 5.74) is 6.75. The maximum absolute atomic E-state index is 13.7. The Morgan fingerprint density at radius 2 is 1.62 bits per heavy atom. The van der Waals surface area contributed by atoms with E-state index in [0.717, 1.165) is 55.4 Å². The van der Waals surface area contributed by atoms with Crippen LogP contribution in [0.2, 0.25) is 0 Å². The van der Waals surface area contributed by atoms with Gasteiger partial charge >= 0.3 is 0 Å². The largest absolute Gasteiger partial charge is 0.302 e. The van der Waals surface area contributed by atoms with E-state index in [0.29, 0.717) is 0 Å². The second-order valence-corrected chi connectivity index (χ2v) is 10.3. The topological polar surface area (TPSA) is 20.3 Å². The molecule has 1 amide bonds. The molecular weight excluding hydrogens is 474 g/mol. The normalized spacial score (nSPS) is 14.0. The molecule has 1 aliphatic rings. The van der Waals surface area contributed by atoms with Crippen molar-refractivity contribution in [2.45, 2.75) is 79.2 Å². The summed E-state index contributed by atoms with van der Waals surface area (Å²) in [6, 6.07) is 25.2. The van der Waals surface area contributed by atoms with Crippen molar-refractivity contribution < 1.29 is 4.79 Å². The van der Waals surface area contributed by atoms with Gasteiger partial charge in [0.1, 0.15) is 0 Å². The van der Waals surface area contributed by atoms with Crippen LogP contribution < -0.4 is 0 Å². The van der Waals surface area contributed by atoms with E-state index in [9.17, 15) is 4.79 Å². The van der Waals surface area contributed by atoms with Crippen molar-refractivity contribution >= 4 is 16.7 Å². The Hall–Kier alpha value is -3.65. The molecule has 1 unspecified atom stereocenters. The van der Waals surface area contributed by atoms with E-state index in [1.54, 1.807) is 0 Å². The van der Waals surface area contributed by atoms with Gasteiger partial charge in [0.25, 0.3) is 5.91 Å². The molecule has 3 aromatic carbocycles. The predicted octanol–water partition coefficient (Wildman–Crippen LogP) is 10.3. The van der Waals surface area contributed by atoms with Crippen LogP contribution in [-0.2, 0) is 11.2 Å². The Bertz CT molecular complexity index is 1340. The van der Waals surface area contributed by atoms with Crippen LogP contribution in [0, 0.1) is 0 Å². The zero-order valence-corrected chi connectivity index (χ0v) is 24.5. The van der Waals surface area contributed by atoms with Gasteiger partial charge in [-0.3, -0.25) is 4.79 Å². The molecule has 0 aliphatic heterocycles. The summed E-state index contributed by atoms with van der Waals surface area (Å²) in [5.74, 6) is 0.0975. The molecule has 0 bridgehead atoms. The minimum absolute atomic E-state index is 0.0975. The van der Waals surface area contributed by atoms with Crippen LogP contribution in [0.1, 0.15) is 83.9 Å². The highest BCUT2D eigenvalue weighted by Crippen LogP contribution is 2.36. The first-order valence-corrected chi connectivity index (χ1v) is 14.5. The second-order valence-electron chi connectivity index (χ2n) is 10.3. The first-order chi connectivity index (χ1) is 18.9. The third-order valence-corrected chi connectivity index (χ3v) is 7.41. The number of aryl methyl sites for hydroxylation is 1. The lowest BCUT2D eigenvalue weighted by Gasteiger charge is -2.36. The van der Waals surface area contributed by atoms with Gasteiger partial charge in [0.2, 0.25) is 0 Å². The molecule has 0 fully saturated rings. The van der Waals surface area contributed by atoms with Crippen molar-refractivity contribution in [1.82, 2.24) is 4.90 Å². The standard InChI is InChI=1S/C25H33NO.C12H12/c1-6-14-20(5)23(7-2)25(27)26(19(3)4)24(21-15-10-8-11-16-21)22-17-12-9-13-18-22;1-2-10-7-5-8-11-6-3-4-9-12(10)11/h8-12,15-17,24H,3,6-7,13-14,18H2,1-2,4-5H3;3-9H,2H2,1H3/b23-20+;. The molecule has 0 spiro atoms. The second kappa shape index (κ2) is 15.1. The number of benzene rings is 3. The van der Waals surface area contributed by atoms with Crippen LogP contribution in [0.5, 0.6) is 0 Å². The zero-order valence-electron chi connectivity index (χ0n) is 24.5. The number of allylic oxidation sites excluding steroid dienone is 5. The van der Waals surface area contributed by atoms with Gasteiger partial charge in [0, 0.05) is 11.3 Å². The maximum Gasteiger partial charge on any atom is 0.254 e. The number of carbonyl (C=O) groups is 1. The molecule has 1 aliphatic carbocycles. The van der Waals surface area contributed by atoms with E-state index in [1.165, 1.54) is 27.5 Å². The van der Waals surface area contributed by atoms with Gasteiger partial charge in [0.05, 0.1) is 6.04 Å². The van der Waals surface area contributed by atoms with Gasteiger partial charge in [0.15, 0.2) is 0 Å². The molecule has 2 heteroatoms. The van der Waals surface area contributed by atoms with Crippen molar-refractivity contribution in [3.05, 3.63) is 131 Å². The lowest BCUT2D eigenvalue weighted by atomic mass is 9.89. The summed E-state index contributed by atoms with van der Waals surface area (Å²) in [5, 5.41) is 2.74. The molecular formula is C37H45NO. The van der Waals surface area contributed by atoms with E-state index in [2.05, 4.69) is 107 Å². The average Bonchev–Trinajstić information content (AvgIpc) is 2.97. The van der Waals surface area contributed by atoms with Gasteiger partial charge in [-0.05, 0) is 73.4 Å². The van der Waals surface area contributed by atoms with Crippen molar-refractivity contribution in [3.63, 3.8) is 0 Å². The lowest BCUT2D eigenvalue weighted by molar-refractivity contribution is -0.127. The Labute approximate surface area is 236 Å². The highest BCUT2D eigenvalue weighted by atomic mass is 16.2. The van der Waals surface area contributed by atoms with E-state index < -0.39 is 0 Å². The highest BCUT2D eigenvalue weighted by molar-refractivity contribution is 5.95. The summed E-state index contributed by atoms with van der Waals surface area (Å²) < 4.78 is 0. The molecule has 39 heavy (non-hydrogen) atoms. The Balaban J connectivity index is 0.000000289. The molecule has 0 radical (unpaired) electrons. The summed E-state index contributed by atoms with van der Waals surface area (Å²) in [6.07, 6.45) is 12.3. The smallest absolute Gasteiger partial charge is 0.254 e. The van der Waals surface area contributed by atoms with Crippen LogP contribution in [0.15, 0.2) is 120 Å². The van der Waals surface area contributed by atoms with E-state index in [-0.39, 0.29) is 11.9 Å². The molecule has 0 N–H and O–H groups in total. The molecule has 0 aromatic heterocycles. The Morgan fingerprint density at radius 3 is 2.23 bits per heavy atom. The quantitative estimate of drug-likeness (QED) is 0.257. The molecule has 204 valence electrons. The van der Waals surface area contributed by atoms with E-state index in [1.807, 2.05) is 30.0 Å². The summed E-state index contributed by atoms with van der Waals surface area (Å²) in [4.78, 5) is 15.6. The van der Waals surface area contributed by atoms with Crippen LogP contribution >= 0.6 is 0 Å². The molecule has 4 rings (SSSR count). The molecule has 2 nitrogen and oxygen atoms in total. The van der Waals surface area contributed by atoms with Crippen LogP contribution in [-0.4, -0.2) is 10.8 Å². The fraction of sp³-hybridized carbons (Fsp3) is 0.324. The third kappa shape index (κ3) is 7.69. The van der Waals surface area contributed by atoms with Crippen molar-refractivity contribution in [2.75, 3.05) is 0 Å². The fourth-order valence-electron chi connectivity index (χ4n) is 5.43. The fourth-order valence-corrected chi connectivity index (χ4v) is 5.43. The average molecular weight is 520 g/mol. The Morgan fingerprint density at radius 1 is 0.923 bits per heavy atom. The van der Waals surface area contributed by atoms with Crippen LogP contribution in [0.4, 0.5) is 0 Å². The highest BCUT2D eigenvalue weighted by Gasteiger charge is 2.31. The Kier molecular flexibility index (Phi) is 11.6. The van der Waals surface area contributed by atoms with Crippen molar-refractivity contribution in [2.24, 2.45) is 0 Å². The molecule has 0 saturated carbocycles. The first-order valence-electron chi connectivity index (χ1n) is 14.5. The number of amides is 1. The zero-order chi connectivity index (χ0) is 28.2.